The summed E-state index contributed by atoms with van der Waals surface area (Å²) >= 11 is 3.57. The molecule has 2 amide bonds. The van der Waals surface area contributed by atoms with E-state index in [0.717, 1.165) is 75.5 Å². The largest absolute Gasteiger partial charge is 0.492 e. The van der Waals surface area contributed by atoms with E-state index in [1.165, 1.54) is 18.2 Å². The van der Waals surface area contributed by atoms with Crippen LogP contribution >= 0.6 is 23.1 Å². The number of nitrogens with one attached hydrogen (secondary N) is 3. The van der Waals surface area contributed by atoms with Crippen molar-refractivity contribution in [2.75, 3.05) is 81.3 Å². The number of piperidine rings is 2. The molecule has 8 rings (SSSR count). The Hall–Kier alpha value is -5.09. The number of aryl methyl sites for hydroxylation is 2. The topological polar surface area (TPSA) is 145 Å². The molecule has 1 atom stereocenters. The lowest BCUT2D eigenvalue weighted by Gasteiger charge is -2.43. The maximum atomic E-state index is 15.1. The number of halogens is 4. The second kappa shape index (κ2) is 20.0. The molecule has 3 saturated heterocycles. The van der Waals surface area contributed by atoms with Crippen LogP contribution in [0.15, 0.2) is 53.1 Å². The van der Waals surface area contributed by atoms with Crippen molar-refractivity contribution in [3.8, 4) is 5.75 Å². The monoisotopic (exact) mass is 989 g/mol. The molecule has 3 aliphatic heterocycles. The number of nitrogens with zero attached hydrogens (tertiary/aromatic N) is 6. The number of fused-ring (bicyclic) bond motifs is 1. The van der Waals surface area contributed by atoms with E-state index in [1.807, 2.05) is 6.92 Å². The highest BCUT2D eigenvalue weighted by Gasteiger charge is 2.33. The maximum absolute atomic E-state index is 15.1. The van der Waals surface area contributed by atoms with Crippen molar-refractivity contribution in [2.45, 2.75) is 71.3 Å². The first-order chi connectivity index (χ1) is 31.6. The van der Waals surface area contributed by atoms with Gasteiger partial charge < -0.3 is 29.7 Å². The molecule has 0 saturated carbocycles. The molecule has 5 heterocycles. The summed E-state index contributed by atoms with van der Waals surface area (Å²) in [5.41, 5.74) is 4.69. The Morgan fingerprint density at radius 3 is 2.29 bits per heavy atom. The number of piperazine rings is 1. The summed E-state index contributed by atoms with van der Waals surface area (Å²) in [6.07, 6.45) is 5.11. The smallest absolute Gasteiger partial charge is 0.234 e. The second-order valence-electron chi connectivity index (χ2n) is 17.7. The first kappa shape index (κ1) is 47.4. The molecule has 3 fully saturated rings. The van der Waals surface area contributed by atoms with Gasteiger partial charge in [-0.1, -0.05) is 6.92 Å². The summed E-state index contributed by atoms with van der Waals surface area (Å²) in [6.45, 7) is 15.5. The highest BCUT2D eigenvalue weighted by Crippen LogP contribution is 2.43. The normalized spacial score (nSPS) is 17.9. The van der Waals surface area contributed by atoms with E-state index in [9.17, 15) is 18.5 Å². The summed E-state index contributed by atoms with van der Waals surface area (Å²) < 4.78 is 65.4. The Morgan fingerprint density at radius 1 is 0.894 bits per heavy atom. The molecule has 18 heteroatoms. The minimum atomic E-state index is -2.93. The summed E-state index contributed by atoms with van der Waals surface area (Å²) in [7, 11) is -2.93. The summed E-state index contributed by atoms with van der Waals surface area (Å²) in [5.74, 6) is -2.59. The van der Waals surface area contributed by atoms with Gasteiger partial charge in [-0.15, -0.1) is 0 Å². The number of hydrogen-bond donors (Lipinski definition) is 3. The number of aromatic nitrogens is 3. The Morgan fingerprint density at radius 2 is 1.62 bits per heavy atom. The van der Waals surface area contributed by atoms with Gasteiger partial charge in [-0.25, -0.2) is 18.2 Å². The minimum absolute atomic E-state index is 0.0585. The first-order valence-electron chi connectivity index (χ1n) is 22.6. The zero-order valence-electron chi connectivity index (χ0n) is 37.9. The van der Waals surface area contributed by atoms with Crippen LogP contribution in [0.3, 0.4) is 0 Å². The van der Waals surface area contributed by atoms with Gasteiger partial charge in [0.1, 0.15) is 36.2 Å². The van der Waals surface area contributed by atoms with Crippen LogP contribution in [0.2, 0.25) is 0 Å². The van der Waals surface area contributed by atoms with Gasteiger partial charge in [0.2, 0.25) is 17.8 Å². The summed E-state index contributed by atoms with van der Waals surface area (Å²) in [5, 5.41) is 9.88. The number of carbonyl (C=O) groups excluding carboxylic acids is 2. The molecule has 3 aliphatic rings. The highest BCUT2D eigenvalue weighted by molar-refractivity contribution is 9.10. The molecular formula is C48H56BrF3N9O4P. The number of imide groups is 1. The van der Waals surface area contributed by atoms with E-state index in [4.69, 9.17) is 9.72 Å². The molecule has 5 aromatic rings. The fraction of sp³-hybridized carbons (Fsp3) is 0.438. The molecule has 0 bridgehead atoms. The minimum Gasteiger partial charge on any atom is -0.492 e. The van der Waals surface area contributed by atoms with E-state index >= 15 is 8.78 Å². The number of amides is 2. The number of benzene rings is 3. The van der Waals surface area contributed by atoms with E-state index in [2.05, 4.69) is 75.6 Å². The van der Waals surface area contributed by atoms with E-state index in [0.29, 0.717) is 75.1 Å². The molecule has 2 aromatic heterocycles. The van der Waals surface area contributed by atoms with Crippen LogP contribution in [0.5, 0.6) is 5.75 Å². The van der Waals surface area contributed by atoms with Crippen molar-refractivity contribution in [1.29, 1.82) is 0 Å². The zero-order valence-corrected chi connectivity index (χ0v) is 40.4. The lowest BCUT2D eigenvalue weighted by molar-refractivity contribution is -0.134. The Kier molecular flexibility index (Phi) is 14.4. The van der Waals surface area contributed by atoms with Crippen LogP contribution in [0.1, 0.15) is 67.8 Å². The standard InChI is InChI=1S/C48H56BrF3N9O4P/c1-6-30-24-40(56-48-53-27-34(49)46(58-48)55-39-10-9-38-33(45(39)66(4,5)64)25-35(50)28(3)54-38)42(65-7-2)26-41(30)61-16-13-31(14-17-61)60-20-18-59(19-21-60)15-12-29-22-36(51)44(37(52)23-29)32-8-11-43(62)57-47(32)63/h9-10,22-27,31-32H,6-8,11-21H2,1-5H3,(H,57,62,63)(H2,53,55,56,58). The lowest BCUT2D eigenvalue weighted by atomic mass is 9.89. The Bertz CT molecular complexity index is 2680. The van der Waals surface area contributed by atoms with Crippen LogP contribution in [0.25, 0.3) is 10.9 Å². The third kappa shape index (κ3) is 10.4. The van der Waals surface area contributed by atoms with Crippen LogP contribution in [0.4, 0.5) is 42.0 Å². The van der Waals surface area contributed by atoms with Gasteiger partial charge in [-0.2, -0.15) is 4.98 Å². The zero-order chi connectivity index (χ0) is 46.9. The number of pyridine rings is 1. The fourth-order valence-electron chi connectivity index (χ4n) is 9.50. The number of carbonyl (C=O) groups is 2. The van der Waals surface area contributed by atoms with Gasteiger partial charge in [0.05, 0.1) is 39.6 Å². The van der Waals surface area contributed by atoms with Gasteiger partial charge in [0.25, 0.3) is 0 Å². The molecule has 1 unspecified atom stereocenters. The van der Waals surface area contributed by atoms with Crippen LogP contribution in [-0.2, 0) is 27.0 Å². The molecule has 3 aromatic carbocycles. The van der Waals surface area contributed by atoms with Crippen molar-refractivity contribution in [2.24, 2.45) is 0 Å². The third-order valence-electron chi connectivity index (χ3n) is 12.9. The quantitative estimate of drug-likeness (QED) is 0.0725. The average Bonchev–Trinajstić information content (AvgIpc) is 3.28. The molecule has 3 N–H and O–H groups in total. The van der Waals surface area contributed by atoms with Gasteiger partial charge >= 0.3 is 0 Å². The van der Waals surface area contributed by atoms with Crippen molar-refractivity contribution in [3.63, 3.8) is 0 Å². The predicted molar refractivity (Wildman–Crippen MR) is 257 cm³/mol. The number of ether oxygens (including phenoxy) is 1. The van der Waals surface area contributed by atoms with Gasteiger partial charge in [-0.05, 0) is 123 Å². The summed E-state index contributed by atoms with van der Waals surface area (Å²) in [4.78, 5) is 44.9. The predicted octanol–water partition coefficient (Wildman–Crippen LogP) is 8.56. The van der Waals surface area contributed by atoms with E-state index in [1.54, 1.807) is 38.6 Å². The lowest BCUT2D eigenvalue weighted by Crippen LogP contribution is -2.53. The van der Waals surface area contributed by atoms with E-state index in [-0.39, 0.29) is 24.1 Å². The SMILES string of the molecule is CCOc1cc(N2CCC(N3CCN(CCc4cc(F)c(C5CCC(=O)NC5=O)c(F)c4)CC3)CC2)c(CC)cc1Nc1ncc(Br)c(Nc2ccc3nc(C)c(F)cc3c2P(C)(C)=O)n1. The Balaban J connectivity index is 0.889. The van der Waals surface area contributed by atoms with Crippen molar-refractivity contribution < 1.29 is 32.1 Å². The molecule has 350 valence electrons. The Labute approximate surface area is 391 Å². The van der Waals surface area contributed by atoms with Gasteiger partial charge in [-0.3, -0.25) is 24.8 Å². The van der Waals surface area contributed by atoms with Crippen molar-refractivity contribution in [3.05, 3.63) is 93.0 Å². The third-order valence-corrected chi connectivity index (χ3v) is 15.1. The van der Waals surface area contributed by atoms with E-state index < -0.39 is 42.3 Å². The van der Waals surface area contributed by atoms with Crippen molar-refractivity contribution in [1.82, 2.24) is 30.1 Å². The average molecular weight is 991 g/mol. The van der Waals surface area contributed by atoms with Crippen LogP contribution in [-0.4, -0.2) is 108 Å². The molecule has 0 aliphatic carbocycles. The first-order valence-corrected chi connectivity index (χ1v) is 26.0. The molecule has 0 spiro atoms. The number of anilines is 5. The molecular weight excluding hydrogens is 934 g/mol. The van der Waals surface area contributed by atoms with Crippen LogP contribution in [0, 0.1) is 24.4 Å². The number of rotatable bonds is 14. The molecule has 0 radical (unpaired) electrons. The second-order valence-corrected chi connectivity index (χ2v) is 21.7. The fourth-order valence-corrected chi connectivity index (χ4v) is 11.3. The van der Waals surface area contributed by atoms with Crippen molar-refractivity contribution >= 4 is 79.9 Å². The van der Waals surface area contributed by atoms with Crippen LogP contribution < -0.4 is 30.9 Å². The number of hydrogen-bond acceptors (Lipinski definition) is 12. The van der Waals surface area contributed by atoms with Gasteiger partial charge in [0, 0.05) is 92.5 Å². The van der Waals surface area contributed by atoms with Gasteiger partial charge in [0.15, 0.2) is 0 Å². The summed E-state index contributed by atoms with van der Waals surface area (Å²) in [6, 6.07) is 12.3. The maximum Gasteiger partial charge on any atom is 0.234 e. The highest BCUT2D eigenvalue weighted by atomic mass is 79.9. The molecule has 13 nitrogen and oxygen atoms in total. The molecule has 66 heavy (non-hydrogen) atoms.